The fourth-order valence-corrected chi connectivity index (χ4v) is 4.23. The molecular formula is C20H20FN5O2S. The van der Waals surface area contributed by atoms with Crippen molar-refractivity contribution in [3.05, 3.63) is 66.0 Å². The van der Waals surface area contributed by atoms with Crippen molar-refractivity contribution in [1.29, 1.82) is 0 Å². The van der Waals surface area contributed by atoms with Crippen LogP contribution in [0, 0.1) is 5.82 Å². The molecule has 0 unspecified atom stereocenters. The smallest absolute Gasteiger partial charge is 0.236 e. The lowest BCUT2D eigenvalue weighted by Gasteiger charge is -2.33. The van der Waals surface area contributed by atoms with Crippen LogP contribution in [0.15, 0.2) is 59.8 Å². The normalized spacial score (nSPS) is 18.0. The number of amides is 1. The zero-order valence-corrected chi connectivity index (χ0v) is 16.5. The van der Waals surface area contributed by atoms with Crippen LogP contribution < -0.4 is 10.7 Å². The predicted octanol–water partition coefficient (Wildman–Crippen LogP) is 2.61. The van der Waals surface area contributed by atoms with E-state index < -0.39 is 11.3 Å². The minimum atomic E-state index is -0.502. The predicted molar refractivity (Wildman–Crippen MR) is 108 cm³/mol. The van der Waals surface area contributed by atoms with E-state index in [1.54, 1.807) is 23.9 Å². The van der Waals surface area contributed by atoms with Crippen LogP contribution in [0.4, 0.5) is 4.39 Å². The van der Waals surface area contributed by atoms with E-state index in [2.05, 4.69) is 20.9 Å². The number of halogens is 1. The van der Waals surface area contributed by atoms with Gasteiger partial charge in [0.25, 0.3) is 0 Å². The first-order valence-corrected chi connectivity index (χ1v) is 10.0. The van der Waals surface area contributed by atoms with E-state index in [0.717, 1.165) is 11.1 Å². The van der Waals surface area contributed by atoms with E-state index in [1.165, 1.54) is 23.9 Å². The van der Waals surface area contributed by atoms with Crippen molar-refractivity contribution in [3.63, 3.8) is 0 Å². The third-order valence-electron chi connectivity index (χ3n) is 4.56. The van der Waals surface area contributed by atoms with Gasteiger partial charge < -0.3 is 15.5 Å². The highest BCUT2D eigenvalue weighted by Crippen LogP contribution is 2.38. The zero-order valence-electron chi connectivity index (χ0n) is 15.7. The van der Waals surface area contributed by atoms with Crippen LogP contribution in [-0.2, 0) is 9.53 Å². The summed E-state index contributed by atoms with van der Waals surface area (Å²) in [4.78, 5) is 12.9. The summed E-state index contributed by atoms with van der Waals surface area (Å²) in [5.74, 6) is 0.177. The molecule has 0 aliphatic carbocycles. The van der Waals surface area contributed by atoms with Gasteiger partial charge in [0, 0.05) is 19.2 Å². The number of nitrogens with one attached hydrogen (secondary N) is 2. The fourth-order valence-electron chi connectivity index (χ4n) is 3.13. The summed E-state index contributed by atoms with van der Waals surface area (Å²) < 4.78 is 20.2. The molecule has 3 aromatic rings. The number of hydrogen-bond donors (Lipinski definition) is 2. The molecule has 0 fully saturated rings. The van der Waals surface area contributed by atoms with Crippen molar-refractivity contribution >= 4 is 17.7 Å². The van der Waals surface area contributed by atoms with Crippen molar-refractivity contribution in [3.8, 4) is 11.4 Å². The highest BCUT2D eigenvalue weighted by molar-refractivity contribution is 8.00. The molecule has 4 rings (SSSR count). The van der Waals surface area contributed by atoms with Crippen molar-refractivity contribution in [2.24, 2.45) is 0 Å². The average molecular weight is 413 g/mol. The molecule has 150 valence electrons. The quantitative estimate of drug-likeness (QED) is 0.605. The second-order valence-electron chi connectivity index (χ2n) is 6.49. The maximum Gasteiger partial charge on any atom is 0.236 e. The van der Waals surface area contributed by atoms with E-state index in [4.69, 9.17) is 4.74 Å². The van der Waals surface area contributed by atoms with Crippen LogP contribution in [0.5, 0.6) is 0 Å². The molecule has 1 amide bonds. The van der Waals surface area contributed by atoms with Gasteiger partial charge in [-0.1, -0.05) is 54.2 Å². The number of thioether (sulfide) groups is 1. The van der Waals surface area contributed by atoms with E-state index in [-0.39, 0.29) is 11.7 Å². The molecule has 9 heteroatoms. The van der Waals surface area contributed by atoms with Gasteiger partial charge in [0.1, 0.15) is 11.1 Å². The first-order valence-electron chi connectivity index (χ1n) is 9.13. The van der Waals surface area contributed by atoms with E-state index in [0.29, 0.717) is 24.1 Å². The molecule has 2 atom stereocenters. The van der Waals surface area contributed by atoms with Gasteiger partial charge in [-0.05, 0) is 17.7 Å². The molecule has 2 N–H and O–H groups in total. The molecule has 1 aliphatic heterocycles. The number of ether oxygens (including phenoxy) is 1. The number of hydrogen-bond acceptors (Lipinski definition) is 6. The highest BCUT2D eigenvalue weighted by Gasteiger charge is 2.37. The summed E-state index contributed by atoms with van der Waals surface area (Å²) >= 11 is 1.33. The topological polar surface area (TPSA) is 81.1 Å². The standard InChI is InChI=1S/C20H20FN5O2S/c1-28-12-11-22-19(27)17-16(13-7-9-15(21)10-8-13)25-26-18(23-24-20(26)29-17)14-5-3-2-4-6-14/h2-10,16-17,25H,11-12H2,1H3,(H,22,27)/t16-,17-/m1/s1. The molecule has 0 saturated heterocycles. The third-order valence-corrected chi connectivity index (χ3v) is 5.78. The molecular weight excluding hydrogens is 393 g/mol. The molecule has 1 aromatic heterocycles. The summed E-state index contributed by atoms with van der Waals surface area (Å²) in [6.45, 7) is 0.830. The van der Waals surface area contributed by atoms with Gasteiger partial charge in [-0.2, -0.15) is 0 Å². The molecule has 2 heterocycles. The molecule has 0 spiro atoms. The number of nitrogens with zero attached hydrogens (tertiary/aromatic N) is 3. The lowest BCUT2D eigenvalue weighted by molar-refractivity contribution is -0.121. The first kappa shape index (κ1) is 19.4. The second-order valence-corrected chi connectivity index (χ2v) is 7.60. The third kappa shape index (κ3) is 4.10. The van der Waals surface area contributed by atoms with E-state index >= 15 is 0 Å². The molecule has 29 heavy (non-hydrogen) atoms. The Morgan fingerprint density at radius 1 is 1.21 bits per heavy atom. The van der Waals surface area contributed by atoms with Gasteiger partial charge in [0.2, 0.25) is 11.1 Å². The lowest BCUT2D eigenvalue weighted by atomic mass is 10.0. The maximum atomic E-state index is 13.4. The Hall–Kier alpha value is -2.91. The van der Waals surface area contributed by atoms with Gasteiger partial charge in [-0.3, -0.25) is 4.79 Å². The van der Waals surface area contributed by atoms with Crippen molar-refractivity contribution in [1.82, 2.24) is 20.2 Å². The van der Waals surface area contributed by atoms with Crippen LogP contribution in [0.25, 0.3) is 11.4 Å². The Balaban J connectivity index is 1.68. The van der Waals surface area contributed by atoms with Gasteiger partial charge in [0.15, 0.2) is 5.82 Å². The molecule has 2 aromatic carbocycles. The zero-order chi connectivity index (χ0) is 20.2. The summed E-state index contributed by atoms with van der Waals surface area (Å²) in [5.41, 5.74) is 5.06. The Morgan fingerprint density at radius 2 is 1.97 bits per heavy atom. The average Bonchev–Trinajstić information content (AvgIpc) is 3.17. The Labute approximate surface area is 171 Å². The van der Waals surface area contributed by atoms with Crippen LogP contribution >= 0.6 is 11.8 Å². The summed E-state index contributed by atoms with van der Waals surface area (Å²) in [7, 11) is 1.58. The van der Waals surface area contributed by atoms with Crippen molar-refractivity contribution in [2.75, 3.05) is 25.7 Å². The number of methoxy groups -OCH3 is 1. The van der Waals surface area contributed by atoms with Crippen LogP contribution in [0.1, 0.15) is 11.6 Å². The fraction of sp³-hybridized carbons (Fsp3) is 0.250. The largest absolute Gasteiger partial charge is 0.383 e. The minimum absolute atomic E-state index is 0.149. The molecule has 1 aliphatic rings. The van der Waals surface area contributed by atoms with Crippen LogP contribution in [0.2, 0.25) is 0 Å². The lowest BCUT2D eigenvalue weighted by Crippen LogP contribution is -2.44. The number of aromatic nitrogens is 3. The van der Waals surface area contributed by atoms with Gasteiger partial charge in [-0.25, -0.2) is 9.07 Å². The SMILES string of the molecule is COCCNC(=O)[C@@H]1Sc2nnc(-c3ccccc3)n2N[C@@H]1c1ccc(F)cc1. The highest BCUT2D eigenvalue weighted by atomic mass is 32.2. The summed E-state index contributed by atoms with van der Waals surface area (Å²) in [5, 5.41) is 11.5. The summed E-state index contributed by atoms with van der Waals surface area (Å²) in [6, 6.07) is 15.4. The van der Waals surface area contributed by atoms with E-state index in [1.807, 2.05) is 30.3 Å². The van der Waals surface area contributed by atoms with Crippen LogP contribution in [-0.4, -0.2) is 46.3 Å². The van der Waals surface area contributed by atoms with Gasteiger partial charge in [0.05, 0.1) is 12.6 Å². The monoisotopic (exact) mass is 413 g/mol. The van der Waals surface area contributed by atoms with Crippen molar-refractivity contribution < 1.29 is 13.9 Å². The number of rotatable bonds is 6. The second kappa shape index (κ2) is 8.62. The van der Waals surface area contributed by atoms with Crippen molar-refractivity contribution in [2.45, 2.75) is 16.4 Å². The Kier molecular flexibility index (Phi) is 5.77. The Morgan fingerprint density at radius 3 is 2.69 bits per heavy atom. The molecule has 7 nitrogen and oxygen atoms in total. The molecule has 0 bridgehead atoms. The van der Waals surface area contributed by atoms with E-state index in [9.17, 15) is 9.18 Å². The summed E-state index contributed by atoms with van der Waals surface area (Å²) in [6.07, 6.45) is 0. The maximum absolute atomic E-state index is 13.4. The van der Waals surface area contributed by atoms with Gasteiger partial charge >= 0.3 is 0 Å². The molecule has 0 saturated carbocycles. The van der Waals surface area contributed by atoms with Gasteiger partial charge in [-0.15, -0.1) is 10.2 Å². The number of carbonyl (C=O) groups is 1. The number of benzene rings is 2. The van der Waals surface area contributed by atoms with Crippen LogP contribution in [0.3, 0.4) is 0 Å². The number of carbonyl (C=O) groups excluding carboxylic acids is 1. The Bertz CT molecular complexity index is 980. The number of fused-ring (bicyclic) bond motifs is 1. The first-order chi connectivity index (χ1) is 14.2. The molecule has 0 radical (unpaired) electrons. The minimum Gasteiger partial charge on any atom is -0.383 e.